The van der Waals surface area contributed by atoms with Gasteiger partial charge in [0.1, 0.15) is 5.82 Å². The van der Waals surface area contributed by atoms with Crippen LogP contribution in [0.25, 0.3) is 0 Å². The van der Waals surface area contributed by atoms with Gasteiger partial charge in [-0.3, -0.25) is 4.79 Å². The maximum Gasteiger partial charge on any atom is 0.193 e. The molecular weight excluding hydrogens is 239 g/mol. The third-order valence-electron chi connectivity index (χ3n) is 3.70. The molecule has 98 valence electrons. The van der Waals surface area contributed by atoms with Gasteiger partial charge in [-0.05, 0) is 74.2 Å². The summed E-state index contributed by atoms with van der Waals surface area (Å²) in [5.74, 6) is -0.368. The number of hydrogen-bond acceptors (Lipinski definition) is 1. The van der Waals surface area contributed by atoms with Crippen LogP contribution in [0.4, 0.5) is 4.39 Å². The van der Waals surface area contributed by atoms with Crippen molar-refractivity contribution < 1.29 is 9.18 Å². The fraction of sp³-hybridized carbons (Fsp3) is 0.235. The Labute approximate surface area is 113 Å². The molecule has 0 unspecified atom stereocenters. The number of hydrogen-bond donors (Lipinski definition) is 0. The number of ketones is 1. The lowest BCUT2D eigenvalue weighted by atomic mass is 9.89. The lowest BCUT2D eigenvalue weighted by Crippen LogP contribution is -2.09. The zero-order valence-electron chi connectivity index (χ0n) is 11.7. The second kappa shape index (κ2) is 4.96. The minimum Gasteiger partial charge on any atom is -0.289 e. The number of carbonyl (C=O) groups excluding carboxylic acids is 1. The second-order valence-electron chi connectivity index (χ2n) is 4.97. The molecule has 0 aliphatic heterocycles. The first-order chi connectivity index (χ1) is 8.91. The van der Waals surface area contributed by atoms with E-state index in [4.69, 9.17) is 0 Å². The molecule has 2 rings (SSSR count). The van der Waals surface area contributed by atoms with E-state index >= 15 is 0 Å². The van der Waals surface area contributed by atoms with Gasteiger partial charge in [-0.25, -0.2) is 4.39 Å². The minimum atomic E-state index is -0.328. The quantitative estimate of drug-likeness (QED) is 0.732. The molecule has 0 N–H and O–H groups in total. The number of carbonyl (C=O) groups is 1. The predicted molar refractivity (Wildman–Crippen MR) is 75.2 cm³/mol. The fourth-order valence-corrected chi connectivity index (χ4v) is 2.30. The van der Waals surface area contributed by atoms with Gasteiger partial charge >= 0.3 is 0 Å². The summed E-state index contributed by atoms with van der Waals surface area (Å²) in [5, 5.41) is 0. The first-order valence-electron chi connectivity index (χ1n) is 6.29. The first kappa shape index (κ1) is 13.5. The van der Waals surface area contributed by atoms with Crippen molar-refractivity contribution in [1.29, 1.82) is 0 Å². The van der Waals surface area contributed by atoms with Crippen LogP contribution in [0.5, 0.6) is 0 Å². The maximum absolute atomic E-state index is 12.9. The van der Waals surface area contributed by atoms with Gasteiger partial charge in [0, 0.05) is 11.1 Å². The Morgan fingerprint density at radius 3 is 1.84 bits per heavy atom. The molecular formula is C17H17FO. The highest BCUT2D eigenvalue weighted by molar-refractivity contribution is 6.11. The smallest absolute Gasteiger partial charge is 0.193 e. The number of benzene rings is 2. The van der Waals surface area contributed by atoms with Crippen molar-refractivity contribution in [2.24, 2.45) is 0 Å². The molecule has 0 aromatic heterocycles. The third kappa shape index (κ3) is 2.43. The van der Waals surface area contributed by atoms with Gasteiger partial charge in [-0.1, -0.05) is 6.07 Å². The van der Waals surface area contributed by atoms with Gasteiger partial charge in [0.15, 0.2) is 5.78 Å². The zero-order valence-corrected chi connectivity index (χ0v) is 11.7. The average molecular weight is 256 g/mol. The van der Waals surface area contributed by atoms with Crippen LogP contribution in [0.2, 0.25) is 0 Å². The predicted octanol–water partition coefficient (Wildman–Crippen LogP) is 4.29. The Morgan fingerprint density at radius 2 is 1.37 bits per heavy atom. The van der Waals surface area contributed by atoms with Crippen molar-refractivity contribution in [3.8, 4) is 0 Å². The van der Waals surface area contributed by atoms with Crippen LogP contribution in [-0.4, -0.2) is 5.78 Å². The van der Waals surface area contributed by atoms with E-state index in [9.17, 15) is 9.18 Å². The lowest BCUT2D eigenvalue weighted by Gasteiger charge is -2.14. The summed E-state index contributed by atoms with van der Waals surface area (Å²) in [4.78, 5) is 12.6. The van der Waals surface area contributed by atoms with Crippen LogP contribution in [0, 0.1) is 33.5 Å². The van der Waals surface area contributed by atoms with E-state index in [-0.39, 0.29) is 11.6 Å². The minimum absolute atomic E-state index is 0.0400. The van der Waals surface area contributed by atoms with Crippen LogP contribution in [0.3, 0.4) is 0 Å². The SMILES string of the molecule is Cc1cc(C)c(C)c(C(=O)c2ccc(F)cc2)c1C. The van der Waals surface area contributed by atoms with Gasteiger partial charge in [0.2, 0.25) is 0 Å². The molecule has 0 atom stereocenters. The Kier molecular flexibility index (Phi) is 3.52. The van der Waals surface area contributed by atoms with Crippen molar-refractivity contribution in [3.63, 3.8) is 0 Å². The summed E-state index contributed by atoms with van der Waals surface area (Å²) in [6.45, 7) is 7.92. The average Bonchev–Trinajstić information content (AvgIpc) is 2.37. The van der Waals surface area contributed by atoms with Crippen molar-refractivity contribution in [1.82, 2.24) is 0 Å². The van der Waals surface area contributed by atoms with Crippen molar-refractivity contribution in [2.75, 3.05) is 0 Å². The Bertz CT molecular complexity index is 613. The molecule has 0 radical (unpaired) electrons. The van der Waals surface area contributed by atoms with E-state index < -0.39 is 0 Å². The molecule has 0 bridgehead atoms. The summed E-state index contributed by atoms with van der Waals surface area (Å²) < 4.78 is 12.9. The number of halogens is 1. The molecule has 0 fully saturated rings. The fourth-order valence-electron chi connectivity index (χ4n) is 2.30. The first-order valence-corrected chi connectivity index (χ1v) is 6.29. The summed E-state index contributed by atoms with van der Waals surface area (Å²) in [6, 6.07) is 7.80. The van der Waals surface area contributed by atoms with E-state index in [0.29, 0.717) is 5.56 Å². The zero-order chi connectivity index (χ0) is 14.2. The van der Waals surface area contributed by atoms with Crippen molar-refractivity contribution in [2.45, 2.75) is 27.7 Å². The van der Waals surface area contributed by atoms with E-state index in [1.807, 2.05) is 27.7 Å². The summed E-state index contributed by atoms with van der Waals surface area (Å²) in [6.07, 6.45) is 0. The van der Waals surface area contributed by atoms with Gasteiger partial charge in [-0.2, -0.15) is 0 Å². The van der Waals surface area contributed by atoms with Crippen LogP contribution in [0.15, 0.2) is 30.3 Å². The van der Waals surface area contributed by atoms with E-state index in [0.717, 1.165) is 27.8 Å². The van der Waals surface area contributed by atoms with Crippen LogP contribution in [0.1, 0.15) is 38.2 Å². The number of rotatable bonds is 2. The van der Waals surface area contributed by atoms with Crippen LogP contribution in [-0.2, 0) is 0 Å². The molecule has 0 saturated carbocycles. The Balaban J connectivity index is 2.59. The molecule has 1 nitrogen and oxygen atoms in total. The summed E-state index contributed by atoms with van der Waals surface area (Å²) in [7, 11) is 0. The maximum atomic E-state index is 12.9. The molecule has 0 amide bonds. The molecule has 0 spiro atoms. The molecule has 0 saturated heterocycles. The van der Waals surface area contributed by atoms with E-state index in [1.54, 1.807) is 0 Å². The van der Waals surface area contributed by atoms with Crippen molar-refractivity contribution >= 4 is 5.78 Å². The number of aryl methyl sites for hydroxylation is 2. The van der Waals surface area contributed by atoms with Crippen molar-refractivity contribution in [3.05, 3.63) is 69.5 Å². The van der Waals surface area contributed by atoms with E-state index in [2.05, 4.69) is 6.07 Å². The molecule has 2 aromatic carbocycles. The second-order valence-corrected chi connectivity index (χ2v) is 4.97. The topological polar surface area (TPSA) is 17.1 Å². The van der Waals surface area contributed by atoms with Crippen LogP contribution >= 0.6 is 0 Å². The molecule has 0 aliphatic rings. The van der Waals surface area contributed by atoms with E-state index in [1.165, 1.54) is 24.3 Å². The standard InChI is InChI=1S/C17H17FO/c1-10-9-11(2)13(4)16(12(10)3)17(19)14-5-7-15(18)8-6-14/h5-9H,1-4H3. The molecule has 2 heteroatoms. The molecule has 19 heavy (non-hydrogen) atoms. The van der Waals surface area contributed by atoms with Gasteiger partial charge < -0.3 is 0 Å². The lowest BCUT2D eigenvalue weighted by molar-refractivity contribution is 0.103. The molecule has 0 aliphatic carbocycles. The van der Waals surface area contributed by atoms with Gasteiger partial charge in [-0.15, -0.1) is 0 Å². The Morgan fingerprint density at radius 1 is 0.895 bits per heavy atom. The highest BCUT2D eigenvalue weighted by Crippen LogP contribution is 2.24. The summed E-state index contributed by atoms with van der Waals surface area (Å²) >= 11 is 0. The largest absolute Gasteiger partial charge is 0.289 e. The van der Waals surface area contributed by atoms with Crippen LogP contribution < -0.4 is 0 Å². The van der Waals surface area contributed by atoms with Gasteiger partial charge in [0.25, 0.3) is 0 Å². The van der Waals surface area contributed by atoms with Gasteiger partial charge in [0.05, 0.1) is 0 Å². The molecule has 2 aromatic rings. The normalized spacial score (nSPS) is 10.6. The Hall–Kier alpha value is -1.96. The summed E-state index contributed by atoms with van der Waals surface area (Å²) in [5.41, 5.74) is 5.47. The monoisotopic (exact) mass is 256 g/mol. The molecule has 0 heterocycles. The third-order valence-corrected chi connectivity index (χ3v) is 3.70. The highest BCUT2D eigenvalue weighted by atomic mass is 19.1. The highest BCUT2D eigenvalue weighted by Gasteiger charge is 2.17.